The molecular formula is C14H17N5O2. The number of benzene rings is 1. The summed E-state index contributed by atoms with van der Waals surface area (Å²) in [6.07, 6.45) is 2.75. The quantitative estimate of drug-likeness (QED) is 0.842. The molecule has 110 valence electrons. The number of hydrogen-bond donors (Lipinski definition) is 2. The van der Waals surface area contributed by atoms with Gasteiger partial charge in [0.2, 0.25) is 0 Å². The summed E-state index contributed by atoms with van der Waals surface area (Å²) in [7, 11) is 0. The van der Waals surface area contributed by atoms with E-state index < -0.39 is 6.10 Å². The van der Waals surface area contributed by atoms with Gasteiger partial charge in [0, 0.05) is 18.8 Å². The second-order valence-corrected chi connectivity index (χ2v) is 4.84. The molecule has 7 nitrogen and oxygen atoms in total. The number of carbonyl (C=O) groups excluding carboxylic acids is 1. The molecule has 7 heteroatoms. The van der Waals surface area contributed by atoms with Crippen LogP contribution in [0.1, 0.15) is 5.56 Å². The van der Waals surface area contributed by atoms with Gasteiger partial charge in [-0.1, -0.05) is 12.1 Å². The monoisotopic (exact) mass is 287 g/mol. The molecule has 0 bridgehead atoms. The largest absolute Gasteiger partial charge is 0.366 e. The summed E-state index contributed by atoms with van der Waals surface area (Å²) in [5.74, 6) is -0.119. The van der Waals surface area contributed by atoms with Gasteiger partial charge in [-0.25, -0.2) is 9.67 Å². The van der Waals surface area contributed by atoms with E-state index in [1.54, 1.807) is 11.0 Å². The SMILES string of the molecule is O=C(Nc1ccc(Cn2cncn2)cc1)C1CNCCO1. The zero-order valence-corrected chi connectivity index (χ0v) is 11.5. The van der Waals surface area contributed by atoms with Crippen LogP contribution in [0, 0.1) is 0 Å². The first-order valence-corrected chi connectivity index (χ1v) is 6.86. The van der Waals surface area contributed by atoms with E-state index in [-0.39, 0.29) is 5.91 Å². The Balaban J connectivity index is 1.57. The van der Waals surface area contributed by atoms with Crippen molar-refractivity contribution in [1.82, 2.24) is 20.1 Å². The number of rotatable bonds is 4. The van der Waals surface area contributed by atoms with Crippen molar-refractivity contribution in [3.05, 3.63) is 42.5 Å². The second kappa shape index (κ2) is 6.47. The predicted octanol–water partition coefficient (Wildman–Crippen LogP) is 0.253. The number of ether oxygens (including phenoxy) is 1. The van der Waals surface area contributed by atoms with Gasteiger partial charge in [0.25, 0.3) is 5.91 Å². The molecule has 1 unspecified atom stereocenters. The van der Waals surface area contributed by atoms with Crippen LogP contribution in [0.15, 0.2) is 36.9 Å². The molecule has 1 atom stereocenters. The number of aromatic nitrogens is 3. The number of nitrogens with zero attached hydrogens (tertiary/aromatic N) is 3. The zero-order chi connectivity index (χ0) is 14.5. The molecule has 1 aliphatic rings. The maximum Gasteiger partial charge on any atom is 0.254 e. The predicted molar refractivity (Wildman–Crippen MR) is 76.8 cm³/mol. The lowest BCUT2D eigenvalue weighted by molar-refractivity contribution is -0.128. The highest BCUT2D eigenvalue weighted by Gasteiger charge is 2.21. The van der Waals surface area contributed by atoms with E-state index >= 15 is 0 Å². The molecule has 1 aromatic carbocycles. The van der Waals surface area contributed by atoms with Gasteiger partial charge in [-0.3, -0.25) is 4.79 Å². The number of hydrogen-bond acceptors (Lipinski definition) is 5. The summed E-state index contributed by atoms with van der Waals surface area (Å²) in [5.41, 5.74) is 1.85. The fourth-order valence-electron chi connectivity index (χ4n) is 2.15. The molecule has 1 amide bonds. The molecule has 0 aliphatic carbocycles. The number of anilines is 1. The van der Waals surface area contributed by atoms with Crippen LogP contribution < -0.4 is 10.6 Å². The van der Waals surface area contributed by atoms with Crippen molar-refractivity contribution in [2.45, 2.75) is 12.6 Å². The third-order valence-electron chi connectivity index (χ3n) is 3.25. The number of morpholine rings is 1. The minimum Gasteiger partial charge on any atom is -0.366 e. The summed E-state index contributed by atoms with van der Waals surface area (Å²) >= 11 is 0. The van der Waals surface area contributed by atoms with Gasteiger partial charge in [-0.05, 0) is 17.7 Å². The molecule has 21 heavy (non-hydrogen) atoms. The molecule has 0 spiro atoms. The zero-order valence-electron chi connectivity index (χ0n) is 11.5. The summed E-state index contributed by atoms with van der Waals surface area (Å²) in [4.78, 5) is 15.9. The van der Waals surface area contributed by atoms with Gasteiger partial charge in [0.15, 0.2) is 0 Å². The van der Waals surface area contributed by atoms with E-state index in [9.17, 15) is 4.79 Å². The van der Waals surface area contributed by atoms with Crippen LogP contribution in [-0.4, -0.2) is 46.5 Å². The van der Waals surface area contributed by atoms with Gasteiger partial charge in [-0.15, -0.1) is 0 Å². The minimum absolute atomic E-state index is 0.119. The van der Waals surface area contributed by atoms with E-state index in [1.807, 2.05) is 24.3 Å². The summed E-state index contributed by atoms with van der Waals surface area (Å²) in [5, 5.41) is 10.0. The van der Waals surface area contributed by atoms with Crippen molar-refractivity contribution < 1.29 is 9.53 Å². The lowest BCUT2D eigenvalue weighted by Gasteiger charge is -2.22. The average Bonchev–Trinajstić information content (AvgIpc) is 3.03. The first-order valence-electron chi connectivity index (χ1n) is 6.86. The third-order valence-corrected chi connectivity index (χ3v) is 3.25. The van der Waals surface area contributed by atoms with Gasteiger partial charge in [-0.2, -0.15) is 5.10 Å². The van der Waals surface area contributed by atoms with Crippen molar-refractivity contribution in [2.24, 2.45) is 0 Å². The van der Waals surface area contributed by atoms with Crippen LogP contribution in [0.5, 0.6) is 0 Å². The fourth-order valence-corrected chi connectivity index (χ4v) is 2.15. The topological polar surface area (TPSA) is 81.1 Å². The number of carbonyl (C=O) groups is 1. The van der Waals surface area contributed by atoms with Crippen LogP contribution in [-0.2, 0) is 16.1 Å². The number of nitrogens with one attached hydrogen (secondary N) is 2. The van der Waals surface area contributed by atoms with E-state index in [0.717, 1.165) is 17.8 Å². The van der Waals surface area contributed by atoms with Crippen LogP contribution in [0.3, 0.4) is 0 Å². The maximum atomic E-state index is 12.0. The van der Waals surface area contributed by atoms with Crippen molar-refractivity contribution in [1.29, 1.82) is 0 Å². The fraction of sp³-hybridized carbons (Fsp3) is 0.357. The lowest BCUT2D eigenvalue weighted by Crippen LogP contribution is -2.45. The lowest BCUT2D eigenvalue weighted by atomic mass is 10.2. The van der Waals surface area contributed by atoms with E-state index in [4.69, 9.17) is 4.74 Å². The molecule has 1 fully saturated rings. The molecular weight excluding hydrogens is 270 g/mol. The van der Waals surface area contributed by atoms with Crippen LogP contribution in [0.25, 0.3) is 0 Å². The molecule has 1 saturated heterocycles. The highest BCUT2D eigenvalue weighted by Crippen LogP contribution is 2.11. The normalized spacial score (nSPS) is 18.4. The first kappa shape index (κ1) is 13.7. The Morgan fingerprint density at radius 3 is 2.95 bits per heavy atom. The summed E-state index contributed by atoms with van der Waals surface area (Å²) in [6, 6.07) is 7.66. The summed E-state index contributed by atoms with van der Waals surface area (Å²) in [6.45, 7) is 2.57. The first-order chi connectivity index (χ1) is 10.3. The third kappa shape index (κ3) is 3.65. The number of amides is 1. The van der Waals surface area contributed by atoms with Crippen molar-refractivity contribution in [3.63, 3.8) is 0 Å². The molecule has 2 N–H and O–H groups in total. The van der Waals surface area contributed by atoms with Crippen LogP contribution in [0.4, 0.5) is 5.69 Å². The van der Waals surface area contributed by atoms with Crippen LogP contribution in [0.2, 0.25) is 0 Å². The Hall–Kier alpha value is -2.25. The molecule has 0 saturated carbocycles. The maximum absolute atomic E-state index is 12.0. The Labute approximate surface area is 122 Å². The molecule has 2 heterocycles. The Morgan fingerprint density at radius 1 is 1.43 bits per heavy atom. The highest BCUT2D eigenvalue weighted by molar-refractivity contribution is 5.94. The van der Waals surface area contributed by atoms with Gasteiger partial charge >= 0.3 is 0 Å². The van der Waals surface area contributed by atoms with Gasteiger partial charge < -0.3 is 15.4 Å². The Kier molecular flexibility index (Phi) is 4.23. The molecule has 1 aliphatic heterocycles. The van der Waals surface area contributed by atoms with Crippen molar-refractivity contribution >= 4 is 11.6 Å². The van der Waals surface area contributed by atoms with Crippen molar-refractivity contribution in [2.75, 3.05) is 25.0 Å². The second-order valence-electron chi connectivity index (χ2n) is 4.84. The minimum atomic E-state index is -0.423. The van der Waals surface area contributed by atoms with E-state index in [1.165, 1.54) is 6.33 Å². The molecule has 2 aromatic rings. The van der Waals surface area contributed by atoms with E-state index in [0.29, 0.717) is 19.7 Å². The van der Waals surface area contributed by atoms with Gasteiger partial charge in [0.1, 0.15) is 18.8 Å². The van der Waals surface area contributed by atoms with Crippen LogP contribution >= 0.6 is 0 Å². The molecule has 0 radical (unpaired) electrons. The molecule has 3 rings (SSSR count). The highest BCUT2D eigenvalue weighted by atomic mass is 16.5. The van der Waals surface area contributed by atoms with Crippen molar-refractivity contribution in [3.8, 4) is 0 Å². The molecule has 1 aromatic heterocycles. The average molecular weight is 287 g/mol. The Bertz CT molecular complexity index is 576. The summed E-state index contributed by atoms with van der Waals surface area (Å²) < 4.78 is 7.16. The van der Waals surface area contributed by atoms with Gasteiger partial charge in [0.05, 0.1) is 13.2 Å². The standard InChI is InChI=1S/C14H17N5O2/c20-14(13-7-15-5-6-21-13)18-12-3-1-11(2-4-12)8-19-10-16-9-17-19/h1-4,9-10,13,15H,5-8H2,(H,18,20). The Morgan fingerprint density at radius 2 is 2.29 bits per heavy atom. The van der Waals surface area contributed by atoms with E-state index in [2.05, 4.69) is 20.7 Å². The smallest absolute Gasteiger partial charge is 0.254 e.